The smallest absolute Gasteiger partial charge is 0.255 e. The number of amides is 2. The van der Waals surface area contributed by atoms with Crippen LogP contribution in [0.15, 0.2) is 47.2 Å². The number of benzene rings is 1. The highest BCUT2D eigenvalue weighted by Crippen LogP contribution is 2.21. The van der Waals surface area contributed by atoms with E-state index in [1.807, 2.05) is 18.2 Å². The number of para-hydroxylation sites is 1. The monoisotopic (exact) mass is 270 g/mol. The van der Waals surface area contributed by atoms with Gasteiger partial charge in [0.2, 0.25) is 5.91 Å². The molecule has 1 saturated heterocycles. The van der Waals surface area contributed by atoms with Crippen molar-refractivity contribution in [1.82, 2.24) is 10.6 Å². The lowest BCUT2D eigenvalue weighted by Gasteiger charge is -2.24. The van der Waals surface area contributed by atoms with Crippen LogP contribution in [0.4, 0.5) is 0 Å². The van der Waals surface area contributed by atoms with Crippen molar-refractivity contribution >= 4 is 22.8 Å². The topological polar surface area (TPSA) is 71.3 Å². The molecule has 0 unspecified atom stereocenters. The normalized spacial score (nSPS) is 18.9. The molecule has 1 fully saturated rings. The maximum absolute atomic E-state index is 12.2. The number of piperidine rings is 1. The second-order valence-corrected chi connectivity index (χ2v) is 4.80. The van der Waals surface area contributed by atoms with Gasteiger partial charge in [0, 0.05) is 11.1 Å². The number of nitrogens with one attached hydrogen (secondary N) is 2. The lowest BCUT2D eigenvalue weighted by molar-refractivity contribution is -0.123. The van der Waals surface area contributed by atoms with Gasteiger partial charge in [0.15, 0.2) is 0 Å². The molecule has 5 heteroatoms. The summed E-state index contributed by atoms with van der Waals surface area (Å²) >= 11 is 0. The summed E-state index contributed by atoms with van der Waals surface area (Å²) in [5.74, 6) is -0.523. The van der Waals surface area contributed by atoms with E-state index in [4.69, 9.17) is 4.42 Å². The zero-order valence-electron chi connectivity index (χ0n) is 10.8. The maximum Gasteiger partial charge on any atom is 0.255 e. The number of hydrogen-bond donors (Lipinski definition) is 2. The lowest BCUT2D eigenvalue weighted by Crippen LogP contribution is -2.49. The highest BCUT2D eigenvalue weighted by atomic mass is 16.3. The van der Waals surface area contributed by atoms with Crippen molar-refractivity contribution in [2.45, 2.75) is 18.9 Å². The highest BCUT2D eigenvalue weighted by molar-refractivity contribution is 6.07. The fourth-order valence-electron chi connectivity index (χ4n) is 2.30. The van der Waals surface area contributed by atoms with Crippen molar-refractivity contribution in [3.63, 3.8) is 0 Å². The first-order valence-electron chi connectivity index (χ1n) is 6.41. The average Bonchev–Trinajstić information content (AvgIpc) is 2.86. The van der Waals surface area contributed by atoms with Crippen LogP contribution < -0.4 is 10.6 Å². The predicted molar refractivity (Wildman–Crippen MR) is 74.0 cm³/mol. The fraction of sp³-hybridized carbons (Fsp3) is 0.200. The largest absolute Gasteiger partial charge is 0.463 e. The first-order chi connectivity index (χ1) is 9.65. The molecule has 0 radical (unpaired) electrons. The summed E-state index contributed by atoms with van der Waals surface area (Å²) in [4.78, 5) is 24.0. The van der Waals surface area contributed by atoms with Crippen molar-refractivity contribution in [2.24, 2.45) is 0 Å². The van der Waals surface area contributed by atoms with Crippen molar-refractivity contribution in [2.75, 3.05) is 0 Å². The van der Waals surface area contributed by atoms with Gasteiger partial charge in [-0.1, -0.05) is 24.8 Å². The van der Waals surface area contributed by atoms with Crippen molar-refractivity contribution in [3.05, 3.63) is 48.4 Å². The molecule has 1 aromatic carbocycles. The minimum absolute atomic E-state index is 0.220. The molecule has 0 bridgehead atoms. The second kappa shape index (κ2) is 4.85. The van der Waals surface area contributed by atoms with E-state index in [-0.39, 0.29) is 11.8 Å². The van der Waals surface area contributed by atoms with Crippen molar-refractivity contribution in [1.29, 1.82) is 0 Å². The molecule has 0 aliphatic carbocycles. The van der Waals surface area contributed by atoms with E-state index in [1.165, 1.54) is 6.26 Å². The Labute approximate surface area is 115 Å². The summed E-state index contributed by atoms with van der Waals surface area (Å²) in [6, 6.07) is 6.77. The molecule has 2 aromatic rings. The first-order valence-corrected chi connectivity index (χ1v) is 6.41. The standard InChI is InChI=1S/C15H14N2O3/c1-9-6-7-12(15(19)16-9)17-14(18)11-8-20-13-5-3-2-4-10(11)13/h2-5,8,12H,1,6-7H2,(H,16,19)(H,17,18)/t12-/m0/s1. The van der Waals surface area contributed by atoms with Gasteiger partial charge >= 0.3 is 0 Å². The molecule has 0 spiro atoms. The average molecular weight is 270 g/mol. The lowest BCUT2D eigenvalue weighted by atomic mass is 10.0. The minimum Gasteiger partial charge on any atom is -0.463 e. The van der Waals surface area contributed by atoms with Gasteiger partial charge in [0.25, 0.3) is 5.91 Å². The van der Waals surface area contributed by atoms with Crippen LogP contribution >= 0.6 is 0 Å². The SMILES string of the molecule is C=C1CC[C@H](NC(=O)c2coc3ccccc23)C(=O)N1. The number of allylic oxidation sites excluding steroid dienone is 1. The summed E-state index contributed by atoms with van der Waals surface area (Å²) in [6.07, 6.45) is 2.65. The molecule has 0 saturated carbocycles. The molecular weight excluding hydrogens is 256 g/mol. The summed E-state index contributed by atoms with van der Waals surface area (Å²) in [6.45, 7) is 3.71. The molecule has 2 amide bonds. The number of carbonyl (C=O) groups excluding carboxylic acids is 2. The first kappa shape index (κ1) is 12.5. The molecule has 102 valence electrons. The van der Waals surface area contributed by atoms with Crippen LogP contribution in [0.5, 0.6) is 0 Å². The molecule has 2 heterocycles. The van der Waals surface area contributed by atoms with Crippen molar-refractivity contribution in [3.8, 4) is 0 Å². The van der Waals surface area contributed by atoms with Crippen molar-refractivity contribution < 1.29 is 14.0 Å². The molecule has 3 rings (SSSR count). The number of fused-ring (bicyclic) bond motifs is 1. The van der Waals surface area contributed by atoms with Gasteiger partial charge in [0.1, 0.15) is 17.9 Å². The highest BCUT2D eigenvalue weighted by Gasteiger charge is 2.26. The van der Waals surface area contributed by atoms with Crippen LogP contribution in [0.1, 0.15) is 23.2 Å². The fourth-order valence-corrected chi connectivity index (χ4v) is 2.30. The Morgan fingerprint density at radius 2 is 2.20 bits per heavy atom. The Hall–Kier alpha value is -2.56. The zero-order chi connectivity index (χ0) is 14.1. The van der Waals surface area contributed by atoms with E-state index < -0.39 is 6.04 Å². The number of rotatable bonds is 2. The van der Waals surface area contributed by atoms with E-state index in [0.29, 0.717) is 29.7 Å². The molecule has 1 aliphatic rings. The van der Waals surface area contributed by atoms with E-state index >= 15 is 0 Å². The molecule has 1 aliphatic heterocycles. The third kappa shape index (κ3) is 2.18. The minimum atomic E-state index is -0.526. The molecule has 1 aromatic heterocycles. The number of carbonyl (C=O) groups is 2. The van der Waals surface area contributed by atoms with Gasteiger partial charge in [-0.25, -0.2) is 0 Å². The third-order valence-corrected chi connectivity index (χ3v) is 3.38. The zero-order valence-corrected chi connectivity index (χ0v) is 10.8. The van der Waals surface area contributed by atoms with Crippen LogP contribution in [0.25, 0.3) is 11.0 Å². The molecule has 20 heavy (non-hydrogen) atoms. The molecule has 1 atom stereocenters. The molecular formula is C15H14N2O3. The Bertz CT molecular complexity index is 702. The van der Waals surface area contributed by atoms with Crippen LogP contribution in [0.3, 0.4) is 0 Å². The quantitative estimate of drug-likeness (QED) is 0.876. The molecule has 5 nitrogen and oxygen atoms in total. The van der Waals surface area contributed by atoms with E-state index in [0.717, 1.165) is 5.39 Å². The summed E-state index contributed by atoms with van der Waals surface area (Å²) in [5.41, 5.74) is 1.78. The van der Waals surface area contributed by atoms with Gasteiger partial charge < -0.3 is 15.1 Å². The van der Waals surface area contributed by atoms with Gasteiger partial charge in [-0.2, -0.15) is 0 Å². The number of hydrogen-bond acceptors (Lipinski definition) is 3. The third-order valence-electron chi connectivity index (χ3n) is 3.38. The summed E-state index contributed by atoms with van der Waals surface area (Å²) < 4.78 is 5.33. The Kier molecular flexibility index (Phi) is 3.02. The van der Waals surface area contributed by atoms with E-state index in [1.54, 1.807) is 6.07 Å². The second-order valence-electron chi connectivity index (χ2n) is 4.80. The Morgan fingerprint density at radius 3 is 3.00 bits per heavy atom. The van der Waals surface area contributed by atoms with Gasteiger partial charge in [-0.3, -0.25) is 9.59 Å². The maximum atomic E-state index is 12.2. The molecule has 2 N–H and O–H groups in total. The van der Waals surface area contributed by atoms with Crippen LogP contribution in [0, 0.1) is 0 Å². The van der Waals surface area contributed by atoms with Gasteiger partial charge in [0.05, 0.1) is 5.56 Å². The van der Waals surface area contributed by atoms with Crippen LogP contribution in [-0.2, 0) is 4.79 Å². The summed E-state index contributed by atoms with van der Waals surface area (Å²) in [7, 11) is 0. The van der Waals surface area contributed by atoms with Crippen LogP contribution in [-0.4, -0.2) is 17.9 Å². The van der Waals surface area contributed by atoms with Gasteiger partial charge in [-0.15, -0.1) is 0 Å². The summed E-state index contributed by atoms with van der Waals surface area (Å²) in [5, 5.41) is 6.12. The van der Waals surface area contributed by atoms with Gasteiger partial charge in [-0.05, 0) is 18.9 Å². The van der Waals surface area contributed by atoms with E-state index in [9.17, 15) is 9.59 Å². The predicted octanol–water partition coefficient (Wildman–Crippen LogP) is 1.95. The van der Waals surface area contributed by atoms with E-state index in [2.05, 4.69) is 17.2 Å². The Balaban J connectivity index is 1.80. The van der Waals surface area contributed by atoms with Crippen LogP contribution in [0.2, 0.25) is 0 Å². The Morgan fingerprint density at radius 1 is 1.40 bits per heavy atom. The number of furan rings is 1.